The van der Waals surface area contributed by atoms with Gasteiger partial charge in [0.15, 0.2) is 21.1 Å². The van der Waals surface area contributed by atoms with E-state index in [4.69, 9.17) is 9.26 Å². The molecule has 1 aromatic heterocycles. The minimum atomic E-state index is -3.84. The number of nitrogens with one attached hydrogen (secondary N) is 2. The summed E-state index contributed by atoms with van der Waals surface area (Å²) < 4.78 is 50.8. The van der Waals surface area contributed by atoms with Crippen LogP contribution in [0.2, 0.25) is 0 Å². The molecule has 11 nitrogen and oxygen atoms in total. The predicted octanol–water partition coefficient (Wildman–Crippen LogP) is 0.261. The van der Waals surface area contributed by atoms with E-state index in [9.17, 15) is 22.8 Å². The molecule has 3 aliphatic heterocycles. The van der Waals surface area contributed by atoms with Crippen molar-refractivity contribution in [3.8, 4) is 0 Å². The van der Waals surface area contributed by atoms with E-state index in [-0.39, 0.29) is 41.3 Å². The Kier molecular flexibility index (Phi) is 4.22. The van der Waals surface area contributed by atoms with Gasteiger partial charge in [-0.2, -0.15) is 0 Å². The maximum atomic E-state index is 15.7. The topological polar surface area (TPSA) is 148 Å². The van der Waals surface area contributed by atoms with Crippen LogP contribution in [0.1, 0.15) is 19.4 Å². The third-order valence-corrected chi connectivity index (χ3v) is 7.28. The molecule has 0 saturated carbocycles. The first-order chi connectivity index (χ1) is 14.9. The van der Waals surface area contributed by atoms with E-state index in [2.05, 4.69) is 15.8 Å². The molecule has 2 saturated heterocycles. The van der Waals surface area contributed by atoms with Gasteiger partial charge in [0.25, 0.3) is 0 Å². The summed E-state index contributed by atoms with van der Waals surface area (Å²) in [4.78, 5) is 39.5. The molecular formula is C19H19FN4O7S. The fourth-order valence-corrected chi connectivity index (χ4v) is 5.92. The van der Waals surface area contributed by atoms with Crippen molar-refractivity contribution in [1.82, 2.24) is 15.8 Å². The van der Waals surface area contributed by atoms with Crippen molar-refractivity contribution in [2.45, 2.75) is 43.5 Å². The van der Waals surface area contributed by atoms with Crippen LogP contribution in [0.5, 0.6) is 0 Å². The third kappa shape index (κ3) is 2.64. The Balaban J connectivity index is 1.81. The highest BCUT2D eigenvalue weighted by atomic mass is 32.2. The first-order valence-electron chi connectivity index (χ1n) is 9.85. The zero-order valence-corrected chi connectivity index (χ0v) is 18.1. The maximum absolute atomic E-state index is 15.7. The first-order valence-corrected chi connectivity index (χ1v) is 11.7. The molecule has 5 rings (SSSR count). The Morgan fingerprint density at radius 3 is 2.50 bits per heavy atom. The second kappa shape index (κ2) is 6.48. The molecule has 0 aliphatic carbocycles. The average molecular weight is 466 g/mol. The van der Waals surface area contributed by atoms with Gasteiger partial charge in [0.1, 0.15) is 0 Å². The number of carbonyl (C=O) groups is 3. The Hall–Kier alpha value is -3.06. The third-order valence-electron chi connectivity index (χ3n) is 6.28. The van der Waals surface area contributed by atoms with Crippen LogP contribution in [0.4, 0.5) is 14.9 Å². The van der Waals surface area contributed by atoms with E-state index in [0.717, 1.165) is 6.26 Å². The number of carbonyl (C=O) groups excluding carboxylic acids is 3. The van der Waals surface area contributed by atoms with Crippen LogP contribution in [0.3, 0.4) is 0 Å². The van der Waals surface area contributed by atoms with Crippen LogP contribution < -0.4 is 15.5 Å². The Morgan fingerprint density at radius 1 is 1.22 bits per heavy atom. The van der Waals surface area contributed by atoms with Gasteiger partial charge in [-0.1, -0.05) is 5.16 Å². The number of aromatic nitrogens is 1. The SMILES string of the molecule is C[C@@H]1CN2c3c(cc4c(S(C)(=O)=O)noc4c3F)CC3(C(=O)NC(=O)NC3=O)[C@H]2[C@H](C)O1. The summed E-state index contributed by atoms with van der Waals surface area (Å²) in [6, 6.07) is -0.496. The van der Waals surface area contributed by atoms with E-state index in [1.165, 1.54) is 6.07 Å². The standard InChI is InChI=1S/C19H19FN4O7S/c1-7-6-24-12-9(4-10-13(11(12)20)31-23-15(10)32(3,28)29)5-19(14(24)8(2)30-7)16(25)21-18(27)22-17(19)26/h4,7-8,14H,5-6H2,1-3H3,(H2,21,22,25,26,27)/t7-,8+,14-/m1/s1. The molecule has 2 N–H and O–H groups in total. The van der Waals surface area contributed by atoms with E-state index in [0.29, 0.717) is 0 Å². The van der Waals surface area contributed by atoms with Crippen molar-refractivity contribution >= 4 is 44.3 Å². The number of nitrogens with zero attached hydrogens (tertiary/aromatic N) is 2. The van der Waals surface area contributed by atoms with Crippen molar-refractivity contribution in [2.75, 3.05) is 17.7 Å². The highest BCUT2D eigenvalue weighted by Crippen LogP contribution is 2.49. The number of hydrogen-bond acceptors (Lipinski definition) is 9. The number of hydrogen-bond donors (Lipinski definition) is 2. The number of benzene rings is 1. The van der Waals surface area contributed by atoms with Gasteiger partial charge in [0, 0.05) is 19.2 Å². The molecule has 0 radical (unpaired) electrons. The number of urea groups is 1. The number of fused-ring (bicyclic) bond motifs is 5. The van der Waals surface area contributed by atoms with E-state index >= 15 is 4.39 Å². The van der Waals surface area contributed by atoms with Crippen LogP contribution >= 0.6 is 0 Å². The molecule has 1 spiro atoms. The lowest BCUT2D eigenvalue weighted by atomic mass is 9.66. The molecule has 2 aromatic rings. The van der Waals surface area contributed by atoms with Crippen LogP contribution in [0.25, 0.3) is 11.0 Å². The van der Waals surface area contributed by atoms with Gasteiger partial charge in [-0.05, 0) is 25.5 Å². The van der Waals surface area contributed by atoms with Crippen LogP contribution in [0.15, 0.2) is 15.6 Å². The van der Waals surface area contributed by atoms with Crippen molar-refractivity contribution in [1.29, 1.82) is 0 Å². The van der Waals surface area contributed by atoms with Gasteiger partial charge in [0.05, 0.1) is 29.3 Å². The highest BCUT2D eigenvalue weighted by molar-refractivity contribution is 7.90. The summed E-state index contributed by atoms with van der Waals surface area (Å²) in [5.74, 6) is -2.49. The van der Waals surface area contributed by atoms with Crippen LogP contribution in [0, 0.1) is 11.2 Å². The van der Waals surface area contributed by atoms with Crippen molar-refractivity contribution in [3.05, 3.63) is 17.4 Å². The lowest BCUT2D eigenvalue weighted by molar-refractivity contribution is -0.153. The molecule has 4 amide bonds. The smallest absolute Gasteiger partial charge is 0.328 e. The summed E-state index contributed by atoms with van der Waals surface area (Å²) in [6.45, 7) is 3.59. The second-order valence-corrected chi connectivity index (χ2v) is 10.4. The van der Waals surface area contributed by atoms with E-state index in [1.807, 2.05) is 0 Å². The zero-order chi connectivity index (χ0) is 23.2. The Bertz CT molecular complexity index is 1300. The van der Waals surface area contributed by atoms with E-state index < -0.39 is 56.1 Å². The van der Waals surface area contributed by atoms with Gasteiger partial charge < -0.3 is 14.2 Å². The summed E-state index contributed by atoms with van der Waals surface area (Å²) in [7, 11) is -3.84. The summed E-state index contributed by atoms with van der Waals surface area (Å²) in [5.41, 5.74) is -1.83. The van der Waals surface area contributed by atoms with Crippen LogP contribution in [-0.2, 0) is 30.6 Å². The number of rotatable bonds is 1. The average Bonchev–Trinajstić information content (AvgIpc) is 3.10. The molecule has 13 heteroatoms. The first kappa shape index (κ1) is 20.8. The fourth-order valence-electron chi connectivity index (χ4n) is 5.19. The lowest BCUT2D eigenvalue weighted by Crippen LogP contribution is -2.75. The molecule has 0 bridgehead atoms. The molecule has 1 aromatic carbocycles. The quantitative estimate of drug-likeness (QED) is 0.565. The predicted molar refractivity (Wildman–Crippen MR) is 106 cm³/mol. The second-order valence-electron chi connectivity index (χ2n) is 8.47. The maximum Gasteiger partial charge on any atom is 0.328 e. The monoisotopic (exact) mass is 466 g/mol. The van der Waals surface area contributed by atoms with Gasteiger partial charge in [0.2, 0.25) is 22.4 Å². The highest BCUT2D eigenvalue weighted by Gasteiger charge is 2.63. The van der Waals surface area contributed by atoms with Gasteiger partial charge in [-0.15, -0.1) is 0 Å². The molecule has 32 heavy (non-hydrogen) atoms. The molecule has 170 valence electrons. The number of amides is 4. The molecule has 0 unspecified atom stereocenters. The molecular weight excluding hydrogens is 447 g/mol. The lowest BCUT2D eigenvalue weighted by Gasteiger charge is -2.55. The molecule has 4 heterocycles. The van der Waals surface area contributed by atoms with E-state index in [1.54, 1.807) is 18.7 Å². The number of imide groups is 2. The van der Waals surface area contributed by atoms with Crippen molar-refractivity contribution < 1.29 is 36.5 Å². The van der Waals surface area contributed by atoms with Crippen molar-refractivity contribution in [3.63, 3.8) is 0 Å². The molecule has 2 fully saturated rings. The van der Waals surface area contributed by atoms with Crippen LogP contribution in [-0.4, -0.2) is 62.5 Å². The molecule has 3 atom stereocenters. The number of morpholine rings is 1. The van der Waals surface area contributed by atoms with Gasteiger partial charge >= 0.3 is 6.03 Å². The van der Waals surface area contributed by atoms with Gasteiger partial charge in [-0.25, -0.2) is 17.6 Å². The Morgan fingerprint density at radius 2 is 1.88 bits per heavy atom. The number of sulfone groups is 1. The number of halogens is 1. The minimum Gasteiger partial charge on any atom is -0.372 e. The number of anilines is 1. The summed E-state index contributed by atoms with van der Waals surface area (Å²) in [6.07, 6.45) is -0.402. The minimum absolute atomic E-state index is 0.0839. The Labute approximate surface area is 181 Å². The molecule has 3 aliphatic rings. The van der Waals surface area contributed by atoms with Crippen molar-refractivity contribution in [2.24, 2.45) is 5.41 Å². The summed E-state index contributed by atoms with van der Waals surface area (Å²) in [5, 5.41) is 7.27. The largest absolute Gasteiger partial charge is 0.372 e. The zero-order valence-electron chi connectivity index (χ0n) is 17.3. The summed E-state index contributed by atoms with van der Waals surface area (Å²) >= 11 is 0. The number of ether oxygens (including phenoxy) is 1. The number of barbiturate groups is 1. The fraction of sp³-hybridized carbons (Fsp3) is 0.474. The normalized spacial score (nSPS) is 27.2. The van der Waals surface area contributed by atoms with Gasteiger partial charge in [-0.3, -0.25) is 20.2 Å².